The lowest BCUT2D eigenvalue weighted by Gasteiger charge is -2.47. The van der Waals surface area contributed by atoms with Crippen LogP contribution in [0.15, 0.2) is 48.7 Å². The summed E-state index contributed by atoms with van der Waals surface area (Å²) in [6, 6.07) is 12.1. The lowest BCUT2D eigenvalue weighted by Crippen LogP contribution is -2.53. The van der Waals surface area contributed by atoms with Gasteiger partial charge in [0, 0.05) is 28.2 Å². The van der Waals surface area contributed by atoms with Crippen molar-refractivity contribution in [1.29, 1.82) is 0 Å². The maximum atomic E-state index is 12.8. The third kappa shape index (κ3) is 6.84. The molecular weight excluding hydrogens is 643 g/mol. The van der Waals surface area contributed by atoms with Gasteiger partial charge >= 0.3 is 13.8 Å². The Labute approximate surface area is 279 Å². The molecule has 5 N–H and O–H groups in total. The Morgan fingerprint density at radius 1 is 1.15 bits per heavy atom. The number of pyridine rings is 1. The highest BCUT2D eigenvalue weighted by atomic mass is 35.5. The van der Waals surface area contributed by atoms with Gasteiger partial charge in [0.15, 0.2) is 11.5 Å². The predicted octanol–water partition coefficient (Wildman–Crippen LogP) is 7.38. The highest BCUT2D eigenvalue weighted by Crippen LogP contribution is 2.58. The largest absolute Gasteiger partial charge is 0.524 e. The molecule has 10 nitrogen and oxygen atoms in total. The van der Waals surface area contributed by atoms with Gasteiger partial charge in [-0.15, -0.1) is 0 Å². The third-order valence-corrected chi connectivity index (χ3v) is 11.3. The molecule has 1 fully saturated rings. The second-order valence-electron chi connectivity index (χ2n) is 13.8. The monoisotopic (exact) mass is 684 g/mol. The molecule has 3 aromatic rings. The van der Waals surface area contributed by atoms with Gasteiger partial charge in [-0.25, -0.2) is 9.36 Å². The standard InChI is InChI=1S/C35H42ClN2O8P/c1-21(20-45-30-9-14-37-28-8-3-5-22(2)32(28)30)15-24-16-23-17-31(46-47(42,43)44)29(39)19-27(23)34(24)10-12-35(13-11-34,33(40)41)38-26-7-4-6-25(36)18-26/h4,6-7,9,14,17-19,21-22,24,38-39H,3,5,8,10-13,15-16,20H2,1-2H3,(H,40,41)(H2,42,43,44)/t21-,22-,24?,34?,35?/m1/s1. The van der Waals surface area contributed by atoms with Crippen molar-refractivity contribution in [1.82, 2.24) is 4.98 Å². The summed E-state index contributed by atoms with van der Waals surface area (Å²) < 4.78 is 22.9. The first-order chi connectivity index (χ1) is 22.3. The van der Waals surface area contributed by atoms with Crippen LogP contribution >= 0.6 is 19.4 Å². The van der Waals surface area contributed by atoms with Crippen LogP contribution in [0.4, 0.5) is 5.69 Å². The van der Waals surface area contributed by atoms with Crippen molar-refractivity contribution in [2.75, 3.05) is 11.9 Å². The first-order valence-electron chi connectivity index (χ1n) is 16.3. The van der Waals surface area contributed by atoms with Crippen LogP contribution in [0.2, 0.25) is 5.02 Å². The molecule has 1 heterocycles. The number of phosphoric ester groups is 1. The zero-order valence-electron chi connectivity index (χ0n) is 26.6. The molecule has 1 saturated carbocycles. The lowest BCUT2D eigenvalue weighted by molar-refractivity contribution is -0.144. The molecule has 0 aliphatic heterocycles. The van der Waals surface area contributed by atoms with Gasteiger partial charge in [-0.2, -0.15) is 0 Å². The van der Waals surface area contributed by atoms with Gasteiger partial charge in [0.05, 0.1) is 6.61 Å². The van der Waals surface area contributed by atoms with E-state index in [1.807, 2.05) is 12.3 Å². The third-order valence-electron chi connectivity index (χ3n) is 10.6. The maximum Gasteiger partial charge on any atom is 0.524 e. The van der Waals surface area contributed by atoms with Gasteiger partial charge in [-0.1, -0.05) is 31.5 Å². The van der Waals surface area contributed by atoms with Gasteiger partial charge in [0.25, 0.3) is 0 Å². The van der Waals surface area contributed by atoms with Crippen molar-refractivity contribution in [2.45, 2.75) is 88.5 Å². The average Bonchev–Trinajstić information content (AvgIpc) is 3.27. The number of nitrogens with one attached hydrogen (secondary N) is 1. The molecule has 3 aliphatic rings. The number of rotatable bonds is 10. The summed E-state index contributed by atoms with van der Waals surface area (Å²) in [7, 11) is -4.90. The van der Waals surface area contributed by atoms with Crippen LogP contribution in [-0.2, 0) is 27.6 Å². The van der Waals surface area contributed by atoms with E-state index in [0.717, 1.165) is 48.3 Å². The zero-order valence-corrected chi connectivity index (χ0v) is 28.3. The second-order valence-corrected chi connectivity index (χ2v) is 15.4. The molecule has 252 valence electrons. The molecule has 0 bridgehead atoms. The Hall–Kier alpha value is -3.30. The number of hydrogen-bond donors (Lipinski definition) is 5. The molecular formula is C35H42ClN2O8P. The molecule has 1 aromatic heterocycles. The van der Waals surface area contributed by atoms with Crippen molar-refractivity contribution in [3.63, 3.8) is 0 Å². The number of aliphatic carboxylic acids is 1. The number of carboxylic acids is 1. The number of aromatic hydroxyl groups is 1. The van der Waals surface area contributed by atoms with Crippen molar-refractivity contribution in [3.8, 4) is 17.2 Å². The minimum atomic E-state index is -4.90. The number of carbonyl (C=O) groups is 1. The summed E-state index contributed by atoms with van der Waals surface area (Å²) in [5.41, 5.74) is 3.00. The van der Waals surface area contributed by atoms with E-state index in [-0.39, 0.29) is 23.3 Å². The van der Waals surface area contributed by atoms with Crippen LogP contribution in [0.1, 0.15) is 87.1 Å². The molecule has 0 saturated heterocycles. The average molecular weight is 685 g/mol. The SMILES string of the molecule is C[C@@H](COc1ccnc2c1[C@H](C)CCC2)CC1Cc2cc(OP(=O)(O)O)c(O)cc2C12CCC(Nc1cccc(Cl)c1)(C(=O)O)CC2. The van der Waals surface area contributed by atoms with Crippen molar-refractivity contribution in [2.24, 2.45) is 11.8 Å². The predicted molar refractivity (Wildman–Crippen MR) is 178 cm³/mol. The van der Waals surface area contributed by atoms with E-state index in [1.165, 1.54) is 11.6 Å². The summed E-state index contributed by atoms with van der Waals surface area (Å²) in [6.07, 6.45) is 8.11. The number of hydrogen-bond acceptors (Lipinski definition) is 7. The van der Waals surface area contributed by atoms with Gasteiger partial charge in [-0.05, 0) is 128 Å². The van der Waals surface area contributed by atoms with E-state index >= 15 is 0 Å². The molecule has 0 radical (unpaired) electrons. The normalized spacial score (nSPS) is 25.9. The van der Waals surface area contributed by atoms with Crippen molar-refractivity contribution in [3.05, 3.63) is 76.1 Å². The Morgan fingerprint density at radius 3 is 2.62 bits per heavy atom. The fourth-order valence-electron chi connectivity index (χ4n) is 8.32. The molecule has 3 aliphatic carbocycles. The Kier molecular flexibility index (Phi) is 9.26. The molecule has 6 rings (SSSR count). The van der Waals surface area contributed by atoms with Crippen LogP contribution in [0.25, 0.3) is 0 Å². The molecule has 47 heavy (non-hydrogen) atoms. The number of phenols is 1. The highest BCUT2D eigenvalue weighted by Gasteiger charge is 2.54. The maximum absolute atomic E-state index is 12.8. The molecule has 12 heteroatoms. The van der Waals surface area contributed by atoms with Crippen LogP contribution in [0.3, 0.4) is 0 Å². The number of phenolic OH excluding ortho intramolecular Hbond substituents is 1. The lowest BCUT2D eigenvalue weighted by atomic mass is 9.59. The minimum absolute atomic E-state index is 0.0732. The summed E-state index contributed by atoms with van der Waals surface area (Å²) in [5.74, 6) is -0.0649. The summed E-state index contributed by atoms with van der Waals surface area (Å²) in [5, 5.41) is 25.1. The van der Waals surface area contributed by atoms with E-state index < -0.39 is 24.7 Å². The van der Waals surface area contributed by atoms with E-state index in [1.54, 1.807) is 30.3 Å². The second kappa shape index (κ2) is 13.0. The topological polar surface area (TPSA) is 158 Å². The number of halogens is 1. The quantitative estimate of drug-likeness (QED) is 0.136. The first-order valence-corrected chi connectivity index (χ1v) is 18.2. The van der Waals surface area contributed by atoms with Gasteiger partial charge in [0.2, 0.25) is 0 Å². The van der Waals surface area contributed by atoms with Gasteiger partial charge < -0.3 is 24.8 Å². The van der Waals surface area contributed by atoms with Crippen molar-refractivity contribution >= 4 is 31.1 Å². The summed E-state index contributed by atoms with van der Waals surface area (Å²) in [6.45, 7) is 4.87. The fraction of sp³-hybridized carbons (Fsp3) is 0.486. The number of nitrogens with zero attached hydrogens (tertiary/aromatic N) is 1. The molecule has 2 aromatic carbocycles. The van der Waals surface area contributed by atoms with E-state index in [4.69, 9.17) is 20.9 Å². The Balaban J connectivity index is 1.27. The number of anilines is 1. The van der Waals surface area contributed by atoms with E-state index in [2.05, 4.69) is 24.1 Å². The highest BCUT2D eigenvalue weighted by molar-refractivity contribution is 7.46. The molecule has 1 spiro atoms. The van der Waals surface area contributed by atoms with Crippen LogP contribution in [-0.4, -0.2) is 43.1 Å². The fourth-order valence-corrected chi connectivity index (χ4v) is 8.92. The molecule has 0 amide bonds. The van der Waals surface area contributed by atoms with Crippen LogP contribution in [0.5, 0.6) is 17.2 Å². The number of aryl methyl sites for hydroxylation is 1. The van der Waals surface area contributed by atoms with E-state index in [0.29, 0.717) is 55.3 Å². The molecule has 3 atom stereocenters. The van der Waals surface area contributed by atoms with Gasteiger partial charge in [0.1, 0.15) is 11.3 Å². The minimum Gasteiger partial charge on any atom is -0.504 e. The Morgan fingerprint density at radius 2 is 1.91 bits per heavy atom. The van der Waals surface area contributed by atoms with E-state index in [9.17, 15) is 29.4 Å². The number of carboxylic acid groups (broad SMARTS) is 1. The van der Waals surface area contributed by atoms with Gasteiger partial charge in [-0.3, -0.25) is 14.8 Å². The van der Waals surface area contributed by atoms with Crippen molar-refractivity contribution < 1.29 is 38.6 Å². The number of aromatic nitrogens is 1. The smallest absolute Gasteiger partial charge is 0.504 e. The number of phosphoric acid groups is 1. The first kappa shape index (κ1) is 33.6. The number of fused-ring (bicyclic) bond motifs is 3. The number of benzene rings is 2. The summed E-state index contributed by atoms with van der Waals surface area (Å²) in [4.78, 5) is 36.3. The van der Waals surface area contributed by atoms with Crippen LogP contribution in [0, 0.1) is 11.8 Å². The molecule has 1 unspecified atom stereocenters. The zero-order chi connectivity index (χ0) is 33.6. The Bertz CT molecular complexity index is 1700. The summed E-state index contributed by atoms with van der Waals surface area (Å²) >= 11 is 6.20. The van der Waals surface area contributed by atoms with Crippen LogP contribution < -0.4 is 14.6 Å². The number of ether oxygens (including phenoxy) is 1.